The third kappa shape index (κ3) is 19.4. The lowest BCUT2D eigenvalue weighted by molar-refractivity contribution is -0.158. The maximum atomic E-state index is 15.4. The molecule has 2 aromatic carbocycles. The minimum Gasteiger partial charge on any atom is -0.347 e. The summed E-state index contributed by atoms with van der Waals surface area (Å²) in [5.74, 6) is -14.8. The number of amides is 12. The van der Waals surface area contributed by atoms with Gasteiger partial charge in [-0.1, -0.05) is 64.3 Å². The van der Waals surface area contributed by atoms with Crippen molar-refractivity contribution in [1.82, 2.24) is 60.0 Å². The minimum absolute atomic E-state index is 0.0104. The average Bonchev–Trinajstić information content (AvgIpc) is 0.943. The van der Waals surface area contributed by atoms with Crippen LogP contribution in [0.5, 0.6) is 0 Å². The highest BCUT2D eigenvalue weighted by molar-refractivity contribution is 7.99. The Morgan fingerprint density at radius 3 is 1.86 bits per heavy atom. The molecule has 24 nitrogen and oxygen atoms in total. The molecule has 2 saturated carbocycles. The highest BCUT2D eigenvalue weighted by Gasteiger charge is 2.53. The van der Waals surface area contributed by atoms with E-state index in [1.54, 1.807) is 32.9 Å². The smallest absolute Gasteiger partial charge is 0.347 e. The molecule has 0 aromatic heterocycles. The molecule has 574 valence electrons. The monoisotopic (exact) mass is 1490 g/mol. The minimum atomic E-state index is -5.45. The number of fused-ring (bicyclic) bond motifs is 3. The molecule has 2 aliphatic carbocycles. The second kappa shape index (κ2) is 35.1. The molecule has 3 N–H and O–H groups in total. The molecular weight excluding hydrogens is 1400 g/mol. The van der Waals surface area contributed by atoms with E-state index in [1.165, 1.54) is 70.9 Å². The van der Waals surface area contributed by atoms with Gasteiger partial charge in [0.05, 0.1) is 25.1 Å². The summed E-state index contributed by atoms with van der Waals surface area (Å²) < 4.78 is 113. The largest absolute Gasteiger partial charge is 0.422 e. The molecule has 0 radical (unpaired) electrons. The van der Waals surface area contributed by atoms with Crippen molar-refractivity contribution in [2.75, 3.05) is 94.1 Å². The quantitative estimate of drug-likeness (QED) is 0.208. The van der Waals surface area contributed by atoms with E-state index < -0.39 is 210 Å². The molecule has 0 unspecified atom stereocenters. The molecule has 33 heteroatoms. The molecule has 4 fully saturated rings. The highest BCUT2D eigenvalue weighted by Crippen LogP contribution is 2.39. The fraction of sp³-hybridized carbons (Fsp3) is 0.634. The third-order valence-electron chi connectivity index (χ3n) is 20.9. The van der Waals surface area contributed by atoms with E-state index in [1.807, 2.05) is 0 Å². The first-order valence-corrected chi connectivity index (χ1v) is 36.2. The van der Waals surface area contributed by atoms with Gasteiger partial charge in [-0.2, -0.15) is 38.1 Å². The van der Waals surface area contributed by atoms with Gasteiger partial charge in [0, 0.05) is 87.4 Å². The maximum absolute atomic E-state index is 15.4. The molecule has 3 heterocycles. The molecule has 104 heavy (non-hydrogen) atoms. The first kappa shape index (κ1) is 82.9. The van der Waals surface area contributed by atoms with Crippen molar-refractivity contribution in [3.63, 3.8) is 0 Å². The van der Waals surface area contributed by atoms with Crippen LogP contribution in [0, 0.1) is 23.5 Å². The predicted octanol–water partition coefficient (Wildman–Crippen LogP) is 5.04. The number of halogens is 8. The van der Waals surface area contributed by atoms with Crippen molar-refractivity contribution in [3.05, 3.63) is 82.4 Å². The second-order valence-corrected chi connectivity index (χ2v) is 29.2. The second-order valence-electron chi connectivity index (χ2n) is 28.1. The molecular formula is C71H96F8N12O12S. The van der Waals surface area contributed by atoms with Crippen molar-refractivity contribution in [2.24, 2.45) is 11.8 Å². The standard InChI is InChI=1S/C71H96F8N12O12S/c1-12-41(3)58-66(101)85(7)39-56(94)87(9)50-22-15-14-18-31-90(65(50)100)52(36-42-23-26-45(27-24-42)70(74,75)76)64(99)84(6)38-54(92)80-48(28-25-43-34-46(72)57(47(73)35-43)71(77,78)79)62(97)91-32-33-104-40-53(91)61(96)82-69(29-19-30-69)68(103)89(11)59(44-20-16-17-21-44)67(102)88(10)51(63(98)83(4)5)37-55(93)86(8)49(13-2)60(95)81-58/h14-15,23-24,26-27,34-35,41,44,48-53,58-59H,12-13,16-22,25,28-33,36-40H2,1-11H3,(H,80,92)(H,81,95)(H,82,96)/b15-14-/t41-,48-,49-,50-,51-,52-,53-,58-,59-/m0/s1. The number of hydrogen-bond acceptors (Lipinski definition) is 13. The zero-order chi connectivity index (χ0) is 77.2. The van der Waals surface area contributed by atoms with Crippen LogP contribution in [-0.4, -0.2) is 263 Å². The van der Waals surface area contributed by atoms with E-state index in [2.05, 4.69) is 16.0 Å². The number of rotatable bonds is 10. The van der Waals surface area contributed by atoms with Gasteiger partial charge in [0.25, 0.3) is 0 Å². The van der Waals surface area contributed by atoms with Crippen LogP contribution in [-0.2, 0) is 82.7 Å². The van der Waals surface area contributed by atoms with E-state index in [4.69, 9.17) is 0 Å². The summed E-state index contributed by atoms with van der Waals surface area (Å²) in [6, 6.07) is -7.04. The maximum Gasteiger partial charge on any atom is 0.422 e. The Kier molecular flexibility index (Phi) is 28.0. The predicted molar refractivity (Wildman–Crippen MR) is 367 cm³/mol. The first-order valence-electron chi connectivity index (χ1n) is 35.0. The van der Waals surface area contributed by atoms with Crippen molar-refractivity contribution in [2.45, 2.75) is 183 Å². The molecule has 2 bridgehead atoms. The van der Waals surface area contributed by atoms with Gasteiger partial charge in [-0.05, 0) is 111 Å². The van der Waals surface area contributed by atoms with Crippen molar-refractivity contribution >= 4 is 82.6 Å². The van der Waals surface area contributed by atoms with Crippen molar-refractivity contribution in [3.8, 4) is 0 Å². The number of nitrogens with zero attached hydrogens (tertiary/aromatic N) is 9. The van der Waals surface area contributed by atoms with Crippen LogP contribution in [0.3, 0.4) is 0 Å². The molecule has 1 spiro atoms. The number of nitrogens with one attached hydrogen (secondary N) is 3. The van der Waals surface area contributed by atoms with Crippen LogP contribution in [0.15, 0.2) is 48.6 Å². The van der Waals surface area contributed by atoms with Gasteiger partial charge < -0.3 is 60.0 Å². The van der Waals surface area contributed by atoms with Gasteiger partial charge in [0.1, 0.15) is 71.1 Å². The summed E-state index contributed by atoms with van der Waals surface area (Å²) >= 11 is 1.25. The third-order valence-corrected chi connectivity index (χ3v) is 21.9. The van der Waals surface area contributed by atoms with Crippen LogP contribution in [0.4, 0.5) is 35.1 Å². The van der Waals surface area contributed by atoms with Gasteiger partial charge in [-0.25, -0.2) is 8.78 Å². The molecule has 12 amide bonds. The average molecular weight is 1490 g/mol. The fourth-order valence-electron chi connectivity index (χ4n) is 14.2. The summed E-state index contributed by atoms with van der Waals surface area (Å²) in [5.41, 5.74) is -5.16. The first-order chi connectivity index (χ1) is 48.8. The molecule has 7 rings (SSSR count). The molecule has 2 aromatic rings. The Balaban J connectivity index is 1.32. The van der Waals surface area contributed by atoms with Crippen LogP contribution < -0.4 is 16.0 Å². The van der Waals surface area contributed by atoms with Crippen LogP contribution in [0.1, 0.15) is 126 Å². The molecule has 9 atom stereocenters. The Labute approximate surface area is 604 Å². The molecule has 3 aliphatic heterocycles. The SMILES string of the molecule is CC[C@H](C)[C@@H]1NC(=O)[C@H](CC)N(C)C(=O)C[C@@H](C(=O)N(C)C)N(C)C(=O)[C@H](C2CCCC2)N(C)C(=O)C2(CCC2)NC(=O)[C@@H]2CSCCN2C(=O)[C@H](CCc2cc(F)c(C(F)(F)F)c(F)c2)NC(=O)CN(C)C(=O)[C@H](Cc2ccc(C(F)(F)F)cc2)N2CC/C=C\C[C@@H](C2=O)N(C)C(=O)CN(C)C1=O. The Morgan fingerprint density at radius 2 is 1.29 bits per heavy atom. The van der Waals surface area contributed by atoms with E-state index in [-0.39, 0.29) is 67.8 Å². The Morgan fingerprint density at radius 1 is 0.663 bits per heavy atom. The molecule has 2 saturated heterocycles. The number of carbonyl (C=O) groups excluding carboxylic acids is 12. The number of hydrogen-bond donors (Lipinski definition) is 3. The van der Waals surface area contributed by atoms with Crippen molar-refractivity contribution < 1.29 is 92.7 Å². The number of alkyl halides is 6. The number of benzene rings is 2. The summed E-state index contributed by atoms with van der Waals surface area (Å²) in [6.45, 7) is 3.02. The van der Waals surface area contributed by atoms with Gasteiger partial charge in [0.15, 0.2) is 0 Å². The Bertz CT molecular complexity index is 3530. The van der Waals surface area contributed by atoms with E-state index in [0.717, 1.165) is 65.6 Å². The van der Waals surface area contributed by atoms with Crippen molar-refractivity contribution in [1.29, 1.82) is 0 Å². The lowest BCUT2D eigenvalue weighted by atomic mass is 9.74. The normalized spacial score (nSPS) is 26.0. The Hall–Kier alpha value is -8.39. The van der Waals surface area contributed by atoms with Crippen LogP contribution >= 0.6 is 11.8 Å². The van der Waals surface area contributed by atoms with Gasteiger partial charge in [-0.3, -0.25) is 57.5 Å². The molecule has 5 aliphatic rings. The highest BCUT2D eigenvalue weighted by atomic mass is 32.2. The van der Waals surface area contributed by atoms with Gasteiger partial charge in [-0.15, -0.1) is 0 Å². The van der Waals surface area contributed by atoms with E-state index in [0.29, 0.717) is 50.7 Å². The lowest BCUT2D eigenvalue weighted by Gasteiger charge is -2.47. The lowest BCUT2D eigenvalue weighted by Crippen LogP contribution is -2.69. The van der Waals surface area contributed by atoms with Gasteiger partial charge >= 0.3 is 12.4 Å². The summed E-state index contributed by atoms with van der Waals surface area (Å²) in [4.78, 5) is 189. The van der Waals surface area contributed by atoms with Crippen LogP contribution in [0.25, 0.3) is 0 Å². The fourth-order valence-corrected chi connectivity index (χ4v) is 15.3. The number of likely N-dealkylation sites (N-methyl/N-ethyl adjacent to an activating group) is 7. The van der Waals surface area contributed by atoms with E-state index >= 15 is 37.5 Å². The number of thioether (sulfide) groups is 1. The zero-order valence-corrected chi connectivity index (χ0v) is 61.4. The zero-order valence-electron chi connectivity index (χ0n) is 60.6. The summed E-state index contributed by atoms with van der Waals surface area (Å²) in [5, 5.41) is 8.21. The summed E-state index contributed by atoms with van der Waals surface area (Å²) in [6.07, 6.45) is -6.14. The topological polar surface area (TPSA) is 270 Å². The van der Waals surface area contributed by atoms with Gasteiger partial charge in [0.2, 0.25) is 70.9 Å². The number of carbonyl (C=O) groups is 12. The van der Waals surface area contributed by atoms with E-state index in [9.17, 15) is 55.1 Å². The number of aryl methyl sites for hydroxylation is 1. The summed E-state index contributed by atoms with van der Waals surface area (Å²) in [7, 11) is 10.6. The van der Waals surface area contributed by atoms with Crippen LogP contribution in [0.2, 0.25) is 0 Å².